The molecule has 0 saturated heterocycles. The van der Waals surface area contributed by atoms with E-state index in [2.05, 4.69) is 9.98 Å². The van der Waals surface area contributed by atoms with Crippen molar-refractivity contribution in [2.75, 3.05) is 12.4 Å². The Morgan fingerprint density at radius 1 is 1.27 bits per heavy atom. The fourth-order valence-electron chi connectivity index (χ4n) is 1.84. The highest BCUT2D eigenvalue weighted by atomic mass is 79.9. The van der Waals surface area contributed by atoms with Crippen LogP contribution in [0.3, 0.4) is 0 Å². The zero-order valence-electron chi connectivity index (χ0n) is 12.3. The van der Waals surface area contributed by atoms with Gasteiger partial charge in [0.05, 0.1) is 6.61 Å². The summed E-state index contributed by atoms with van der Waals surface area (Å²) in [6.07, 6.45) is 0. The van der Waals surface area contributed by atoms with Crippen molar-refractivity contribution in [3.8, 4) is 0 Å². The monoisotopic (exact) mass is 407 g/mol. The van der Waals surface area contributed by atoms with E-state index >= 15 is 0 Å². The highest BCUT2D eigenvalue weighted by Crippen LogP contribution is 2.22. The van der Waals surface area contributed by atoms with E-state index < -0.39 is 5.66 Å². The Morgan fingerprint density at radius 2 is 1.91 bits per heavy atom. The standard InChI is InChI=1S/C13H18ClN5OS.BrH/c1-13(2)18-11(15)17-12(16)19(13)20-7-8-21-10-5-3-9(14)4-6-10;/h3-6H,7-8H2,1-2H3,(H4,15,16,17,18);1H. The molecule has 0 radical (unpaired) electrons. The number of benzene rings is 1. The van der Waals surface area contributed by atoms with Crippen LogP contribution in [0.1, 0.15) is 13.8 Å². The van der Waals surface area contributed by atoms with Crippen molar-refractivity contribution in [2.24, 2.45) is 21.5 Å². The number of rotatable bonds is 5. The summed E-state index contributed by atoms with van der Waals surface area (Å²) in [6, 6.07) is 7.67. The van der Waals surface area contributed by atoms with E-state index in [0.29, 0.717) is 6.61 Å². The Hall–Kier alpha value is -0.960. The average Bonchev–Trinajstić information content (AvgIpc) is 2.38. The lowest BCUT2D eigenvalue weighted by molar-refractivity contribution is -0.151. The van der Waals surface area contributed by atoms with Crippen LogP contribution < -0.4 is 11.5 Å². The summed E-state index contributed by atoms with van der Waals surface area (Å²) < 4.78 is 0. The summed E-state index contributed by atoms with van der Waals surface area (Å²) >= 11 is 7.51. The van der Waals surface area contributed by atoms with Gasteiger partial charge < -0.3 is 11.5 Å². The van der Waals surface area contributed by atoms with Crippen LogP contribution in [0.2, 0.25) is 5.02 Å². The molecule has 0 atom stereocenters. The van der Waals surface area contributed by atoms with E-state index in [9.17, 15) is 0 Å². The lowest BCUT2D eigenvalue weighted by Crippen LogP contribution is -2.53. The number of aliphatic imine (C=N–C) groups is 2. The summed E-state index contributed by atoms with van der Waals surface area (Å²) in [7, 11) is 0. The fourth-order valence-corrected chi connectivity index (χ4v) is 2.68. The molecule has 9 heteroatoms. The maximum atomic E-state index is 5.84. The predicted molar refractivity (Wildman–Crippen MR) is 97.6 cm³/mol. The van der Waals surface area contributed by atoms with Crippen molar-refractivity contribution in [1.82, 2.24) is 5.06 Å². The minimum atomic E-state index is -0.666. The van der Waals surface area contributed by atoms with E-state index in [4.69, 9.17) is 27.9 Å². The van der Waals surface area contributed by atoms with Crippen LogP contribution in [0.25, 0.3) is 0 Å². The minimum absolute atomic E-state index is 0. The van der Waals surface area contributed by atoms with Crippen molar-refractivity contribution in [3.63, 3.8) is 0 Å². The number of hydroxylamine groups is 2. The number of hydrogen-bond acceptors (Lipinski definition) is 7. The van der Waals surface area contributed by atoms with Crippen LogP contribution >= 0.6 is 40.3 Å². The summed E-state index contributed by atoms with van der Waals surface area (Å²) in [5.74, 6) is 1.14. The average molecular weight is 409 g/mol. The van der Waals surface area contributed by atoms with Gasteiger partial charge in [0.1, 0.15) is 0 Å². The zero-order valence-corrected chi connectivity index (χ0v) is 15.6. The van der Waals surface area contributed by atoms with Gasteiger partial charge in [0, 0.05) is 15.7 Å². The van der Waals surface area contributed by atoms with Crippen molar-refractivity contribution in [1.29, 1.82) is 0 Å². The second-order valence-electron chi connectivity index (χ2n) is 4.86. The van der Waals surface area contributed by atoms with Crippen LogP contribution in [-0.2, 0) is 4.84 Å². The van der Waals surface area contributed by atoms with Crippen molar-refractivity contribution >= 4 is 52.3 Å². The third-order valence-corrected chi connectivity index (χ3v) is 3.94. The third kappa shape index (κ3) is 5.05. The third-order valence-electron chi connectivity index (χ3n) is 2.71. The maximum Gasteiger partial charge on any atom is 0.226 e. The van der Waals surface area contributed by atoms with Gasteiger partial charge in [-0.15, -0.1) is 28.7 Å². The molecule has 1 aliphatic heterocycles. The van der Waals surface area contributed by atoms with E-state index in [1.165, 1.54) is 5.06 Å². The van der Waals surface area contributed by atoms with Gasteiger partial charge >= 0.3 is 0 Å². The molecule has 6 nitrogen and oxygen atoms in total. The van der Waals surface area contributed by atoms with E-state index in [-0.39, 0.29) is 28.9 Å². The molecule has 0 amide bonds. The molecule has 0 saturated carbocycles. The molecule has 122 valence electrons. The van der Waals surface area contributed by atoms with Crippen LogP contribution in [0, 0.1) is 0 Å². The first-order valence-corrected chi connectivity index (χ1v) is 7.76. The lowest BCUT2D eigenvalue weighted by Gasteiger charge is -2.36. The highest BCUT2D eigenvalue weighted by molar-refractivity contribution is 8.93. The molecule has 1 heterocycles. The van der Waals surface area contributed by atoms with Gasteiger partial charge in [0.2, 0.25) is 11.9 Å². The largest absolute Gasteiger partial charge is 0.368 e. The van der Waals surface area contributed by atoms with Crippen molar-refractivity contribution < 1.29 is 4.84 Å². The molecule has 2 rings (SSSR count). The fraction of sp³-hybridized carbons (Fsp3) is 0.385. The number of nitrogens with zero attached hydrogens (tertiary/aromatic N) is 3. The molecule has 0 aromatic heterocycles. The first-order valence-electron chi connectivity index (χ1n) is 6.39. The molecule has 0 bridgehead atoms. The van der Waals surface area contributed by atoms with Gasteiger partial charge in [-0.25, -0.2) is 4.99 Å². The van der Waals surface area contributed by atoms with Gasteiger partial charge in [-0.3, -0.25) is 4.84 Å². The molecule has 0 fully saturated rings. The Kier molecular flexibility index (Phi) is 6.98. The molecule has 0 spiro atoms. The second kappa shape index (κ2) is 8.05. The molecular weight excluding hydrogens is 390 g/mol. The Morgan fingerprint density at radius 3 is 2.50 bits per heavy atom. The SMILES string of the molecule is Br.CC1(C)N=C(N)N=C(N)N1OCCSc1ccc(Cl)cc1. The van der Waals surface area contributed by atoms with Crippen molar-refractivity contribution in [2.45, 2.75) is 24.4 Å². The maximum absolute atomic E-state index is 5.84. The molecule has 1 aliphatic rings. The molecule has 1 aromatic carbocycles. The van der Waals surface area contributed by atoms with E-state index in [0.717, 1.165) is 15.7 Å². The molecular formula is C13H19BrClN5OS. The first-order chi connectivity index (χ1) is 9.88. The summed E-state index contributed by atoms with van der Waals surface area (Å²) in [6.45, 7) is 4.18. The quantitative estimate of drug-likeness (QED) is 0.577. The normalized spacial score (nSPS) is 16.6. The summed E-state index contributed by atoms with van der Waals surface area (Å²) in [5.41, 5.74) is 10.7. The minimum Gasteiger partial charge on any atom is -0.368 e. The summed E-state index contributed by atoms with van der Waals surface area (Å²) in [5, 5.41) is 2.20. The van der Waals surface area contributed by atoms with Gasteiger partial charge in [-0.2, -0.15) is 10.1 Å². The van der Waals surface area contributed by atoms with Crippen LogP contribution in [-0.4, -0.2) is 35.0 Å². The molecule has 22 heavy (non-hydrogen) atoms. The Bertz CT molecular complexity index is 564. The van der Waals surface area contributed by atoms with Gasteiger partial charge in [-0.05, 0) is 38.1 Å². The molecule has 1 aromatic rings. The predicted octanol–water partition coefficient (Wildman–Crippen LogP) is 2.62. The van der Waals surface area contributed by atoms with E-state index in [1.807, 2.05) is 38.1 Å². The summed E-state index contributed by atoms with van der Waals surface area (Å²) in [4.78, 5) is 14.9. The number of nitrogens with two attached hydrogens (primary N) is 2. The Labute approximate surface area is 149 Å². The number of hydrogen-bond donors (Lipinski definition) is 2. The number of thioether (sulfide) groups is 1. The number of guanidine groups is 2. The first kappa shape index (κ1) is 19.1. The van der Waals surface area contributed by atoms with Crippen LogP contribution in [0.5, 0.6) is 0 Å². The van der Waals surface area contributed by atoms with E-state index in [1.54, 1.807) is 11.8 Å². The molecule has 0 unspecified atom stereocenters. The zero-order chi connectivity index (χ0) is 15.5. The van der Waals surface area contributed by atoms with Crippen LogP contribution in [0.15, 0.2) is 39.1 Å². The van der Waals surface area contributed by atoms with Crippen molar-refractivity contribution in [3.05, 3.63) is 29.3 Å². The molecule has 4 N–H and O–H groups in total. The smallest absolute Gasteiger partial charge is 0.226 e. The van der Waals surface area contributed by atoms with Gasteiger partial charge in [0.25, 0.3) is 0 Å². The topological polar surface area (TPSA) is 89.2 Å². The number of halogens is 2. The second-order valence-corrected chi connectivity index (χ2v) is 6.47. The van der Waals surface area contributed by atoms with Gasteiger partial charge in [0.15, 0.2) is 5.66 Å². The van der Waals surface area contributed by atoms with Crippen LogP contribution in [0.4, 0.5) is 0 Å². The highest BCUT2D eigenvalue weighted by Gasteiger charge is 2.32. The lowest BCUT2D eigenvalue weighted by atomic mass is 10.2. The molecule has 0 aliphatic carbocycles. The van der Waals surface area contributed by atoms with Gasteiger partial charge in [-0.1, -0.05) is 11.6 Å². The Balaban J connectivity index is 0.00000242.